The highest BCUT2D eigenvalue weighted by Gasteiger charge is 2.49. The number of rotatable bonds is 16. The summed E-state index contributed by atoms with van der Waals surface area (Å²) < 4.78 is 98.2. The molecule has 3 aliphatic heterocycles. The summed E-state index contributed by atoms with van der Waals surface area (Å²) in [6.07, 6.45) is 8.12. The number of nitrogens with zero attached hydrogens (tertiary/aromatic N) is 3. The summed E-state index contributed by atoms with van der Waals surface area (Å²) in [6, 6.07) is 27.0. The average Bonchev–Trinajstić information content (AvgIpc) is 3.87. The van der Waals surface area contributed by atoms with Crippen molar-refractivity contribution in [2.45, 2.75) is 104 Å². The van der Waals surface area contributed by atoms with Crippen LogP contribution in [-0.2, 0) is 19.9 Å². The van der Waals surface area contributed by atoms with Gasteiger partial charge >= 0.3 is 5.51 Å². The number of sulfonamides is 1. The molecule has 4 aliphatic rings. The minimum Gasteiger partial charge on any atom is -0.380 e. The fourth-order valence-corrected chi connectivity index (χ4v) is 13.2. The van der Waals surface area contributed by atoms with Crippen molar-refractivity contribution in [3.8, 4) is 0 Å². The van der Waals surface area contributed by atoms with Crippen molar-refractivity contribution in [3.05, 3.63) is 119 Å². The van der Waals surface area contributed by atoms with E-state index in [1.807, 2.05) is 47.2 Å². The van der Waals surface area contributed by atoms with Gasteiger partial charge in [0.05, 0.1) is 10.6 Å². The summed E-state index contributed by atoms with van der Waals surface area (Å²) in [4.78, 5) is 19.4. The SMILES string of the molecule is CC1(C)CCC(c2ccc(Cl)cc2)=C(CN2CCN(c3ccc(C(=O)NS(=O)(=O)c4ccc(N[C@H](CCN5C6CCC5CC6)CSc5ccccc5)c(S(=O)(=O)C(F)(F)F)c4)cc3)CC2)C1. The largest absolute Gasteiger partial charge is 0.501 e. The molecule has 10 nitrogen and oxygen atoms in total. The third-order valence-electron chi connectivity index (χ3n) is 13.6. The molecule has 2 N–H and O–H groups in total. The Hall–Kier alpha value is -4.06. The minimum absolute atomic E-state index is 0.00848. The number of carbonyl (C=O) groups excluding carboxylic acids is 1. The summed E-state index contributed by atoms with van der Waals surface area (Å²) in [5.41, 5.74) is -0.933. The standard InChI is InChI=1S/C49H57ClF3N5O5S3/c1-48(2)24-22-44(34-8-12-37(50)13-9-34)36(31-48)32-56-26-28-57(29-27-56)39-14-10-35(11-15-39)47(59)55-66(62,63)43-20-21-45(46(30-43)65(60,61)49(51,52)53)54-38(33-64-42-6-4-3-5-7-42)23-25-58-40-16-17-41(58)19-18-40/h3-15,20-21,30,38,40-41,54H,16-19,22-29,31-33H2,1-2H3,(H,55,59)/t38-,40?,41?/m1/s1. The first-order valence-electron chi connectivity index (χ1n) is 22.6. The molecule has 3 fully saturated rings. The second kappa shape index (κ2) is 19.9. The molecule has 3 saturated heterocycles. The highest BCUT2D eigenvalue weighted by atomic mass is 35.5. The molecule has 1 amide bonds. The van der Waals surface area contributed by atoms with E-state index in [0.717, 1.165) is 100 Å². The van der Waals surface area contributed by atoms with Crippen LogP contribution in [0.15, 0.2) is 117 Å². The maximum atomic E-state index is 14.2. The van der Waals surface area contributed by atoms with E-state index in [-0.39, 0.29) is 16.7 Å². The van der Waals surface area contributed by atoms with Crippen molar-refractivity contribution >= 4 is 66.1 Å². The van der Waals surface area contributed by atoms with Gasteiger partial charge in [-0.25, -0.2) is 21.6 Å². The van der Waals surface area contributed by atoms with Crippen LogP contribution in [0.4, 0.5) is 24.5 Å². The summed E-state index contributed by atoms with van der Waals surface area (Å²) in [6.45, 7) is 9.34. The van der Waals surface area contributed by atoms with Gasteiger partial charge in [-0.15, -0.1) is 11.8 Å². The summed E-state index contributed by atoms with van der Waals surface area (Å²) in [7, 11) is -10.9. The van der Waals surface area contributed by atoms with E-state index in [1.165, 1.54) is 40.6 Å². The van der Waals surface area contributed by atoms with Crippen LogP contribution in [-0.4, -0.2) is 101 Å². The van der Waals surface area contributed by atoms with Crippen LogP contribution in [0.3, 0.4) is 0 Å². The highest BCUT2D eigenvalue weighted by molar-refractivity contribution is 7.99. The van der Waals surface area contributed by atoms with Crippen molar-refractivity contribution in [3.63, 3.8) is 0 Å². The van der Waals surface area contributed by atoms with Gasteiger partial charge in [-0.2, -0.15) is 13.2 Å². The number of hydrogen-bond acceptors (Lipinski definition) is 10. The van der Waals surface area contributed by atoms with Crippen molar-refractivity contribution in [2.24, 2.45) is 5.41 Å². The van der Waals surface area contributed by atoms with Crippen LogP contribution >= 0.6 is 23.4 Å². The number of thioether (sulfide) groups is 1. The van der Waals surface area contributed by atoms with E-state index in [4.69, 9.17) is 11.6 Å². The molecular weight excluding hydrogens is 927 g/mol. The molecule has 0 radical (unpaired) electrons. The number of carbonyl (C=O) groups is 1. The Morgan fingerprint density at radius 2 is 1.52 bits per heavy atom. The smallest absolute Gasteiger partial charge is 0.380 e. The molecule has 0 aromatic heterocycles. The number of halogens is 4. The molecule has 4 aromatic rings. The Morgan fingerprint density at radius 3 is 2.15 bits per heavy atom. The third kappa shape index (κ3) is 11.3. The zero-order valence-corrected chi connectivity index (χ0v) is 40.4. The Morgan fingerprint density at radius 1 is 0.864 bits per heavy atom. The van der Waals surface area contributed by atoms with Crippen LogP contribution in [0, 0.1) is 5.41 Å². The number of amides is 1. The molecule has 1 aliphatic carbocycles. The summed E-state index contributed by atoms with van der Waals surface area (Å²) in [5, 5.41) is 3.78. The molecule has 1 atom stereocenters. The minimum atomic E-state index is -6.04. The van der Waals surface area contributed by atoms with Gasteiger partial charge in [0.2, 0.25) is 0 Å². The van der Waals surface area contributed by atoms with Gasteiger partial charge in [-0.1, -0.05) is 61.4 Å². The molecule has 354 valence electrons. The number of anilines is 2. The Kier molecular flexibility index (Phi) is 14.6. The van der Waals surface area contributed by atoms with E-state index in [9.17, 15) is 34.8 Å². The summed E-state index contributed by atoms with van der Waals surface area (Å²) >= 11 is 7.68. The number of piperazine rings is 1. The number of fused-ring (bicyclic) bond motifs is 2. The number of hydrogen-bond donors (Lipinski definition) is 2. The van der Waals surface area contributed by atoms with Gasteiger partial charge in [0.15, 0.2) is 0 Å². The van der Waals surface area contributed by atoms with Crippen LogP contribution < -0.4 is 14.9 Å². The van der Waals surface area contributed by atoms with Gasteiger partial charge in [0, 0.05) is 84.3 Å². The first-order chi connectivity index (χ1) is 31.3. The molecule has 0 saturated carbocycles. The lowest BCUT2D eigenvalue weighted by Crippen LogP contribution is -2.47. The molecule has 4 aromatic carbocycles. The lowest BCUT2D eigenvalue weighted by molar-refractivity contribution is -0.0435. The average molecular weight is 985 g/mol. The van der Waals surface area contributed by atoms with E-state index in [1.54, 1.807) is 12.1 Å². The van der Waals surface area contributed by atoms with Crippen LogP contribution in [0.2, 0.25) is 5.02 Å². The van der Waals surface area contributed by atoms with Gasteiger partial charge in [-0.05, 0) is 135 Å². The van der Waals surface area contributed by atoms with Gasteiger partial charge in [-0.3, -0.25) is 14.6 Å². The third-order valence-corrected chi connectivity index (χ3v) is 17.9. The maximum absolute atomic E-state index is 14.2. The molecular formula is C49H57ClF3N5O5S3. The maximum Gasteiger partial charge on any atom is 0.501 e. The Balaban J connectivity index is 0.934. The Labute approximate surface area is 396 Å². The fraction of sp³-hybridized carbons (Fsp3) is 0.449. The zero-order valence-electron chi connectivity index (χ0n) is 37.2. The number of benzene rings is 4. The van der Waals surface area contributed by atoms with Crippen molar-refractivity contribution < 1.29 is 34.8 Å². The van der Waals surface area contributed by atoms with Crippen molar-refractivity contribution in [1.29, 1.82) is 0 Å². The predicted octanol–water partition coefficient (Wildman–Crippen LogP) is 10.1. The van der Waals surface area contributed by atoms with Crippen molar-refractivity contribution in [1.82, 2.24) is 14.5 Å². The van der Waals surface area contributed by atoms with Crippen LogP contribution in [0.5, 0.6) is 0 Å². The lowest BCUT2D eigenvalue weighted by Gasteiger charge is -2.39. The molecule has 3 heterocycles. The van der Waals surface area contributed by atoms with E-state index in [2.05, 4.69) is 46.0 Å². The van der Waals surface area contributed by atoms with Crippen LogP contribution in [0.1, 0.15) is 81.1 Å². The molecule has 66 heavy (non-hydrogen) atoms. The van der Waals surface area contributed by atoms with E-state index < -0.39 is 47.1 Å². The van der Waals surface area contributed by atoms with Gasteiger partial charge < -0.3 is 10.2 Å². The monoisotopic (exact) mass is 983 g/mol. The molecule has 17 heteroatoms. The van der Waals surface area contributed by atoms with Gasteiger partial charge in [0.1, 0.15) is 4.90 Å². The number of sulfone groups is 1. The summed E-state index contributed by atoms with van der Waals surface area (Å²) in [5.74, 6) is -0.601. The number of alkyl halides is 3. The molecule has 0 spiro atoms. The van der Waals surface area contributed by atoms with Crippen LogP contribution in [0.25, 0.3) is 5.57 Å². The zero-order chi connectivity index (χ0) is 46.9. The highest BCUT2D eigenvalue weighted by Crippen LogP contribution is 2.43. The van der Waals surface area contributed by atoms with E-state index in [0.29, 0.717) is 41.9 Å². The molecule has 0 unspecified atom stereocenters. The lowest BCUT2D eigenvalue weighted by atomic mass is 9.73. The molecule has 8 rings (SSSR count). The first-order valence-corrected chi connectivity index (χ1v) is 27.0. The normalized spacial score (nSPS) is 21.0. The Bertz CT molecular complexity index is 2610. The number of nitrogens with one attached hydrogen (secondary N) is 2. The second-order valence-corrected chi connectivity index (χ2v) is 23.9. The van der Waals surface area contributed by atoms with E-state index >= 15 is 0 Å². The topological polar surface area (TPSA) is 119 Å². The quantitative estimate of drug-likeness (QED) is 0.105. The molecule has 2 bridgehead atoms. The second-order valence-electron chi connectivity index (χ2n) is 18.7. The first kappa shape index (κ1) is 48.4. The van der Waals surface area contributed by atoms with Crippen molar-refractivity contribution in [2.75, 3.05) is 55.2 Å². The number of allylic oxidation sites excluding steroid dienone is 1. The van der Waals surface area contributed by atoms with Gasteiger partial charge in [0.25, 0.3) is 25.8 Å². The fourth-order valence-electron chi connectivity index (χ4n) is 10.0. The predicted molar refractivity (Wildman–Crippen MR) is 257 cm³/mol.